The summed E-state index contributed by atoms with van der Waals surface area (Å²) in [6.45, 7) is 8.45. The quantitative estimate of drug-likeness (QED) is 0.736. The zero-order valence-corrected chi connectivity index (χ0v) is 9.79. The molecule has 0 fully saturated rings. The third-order valence-electron chi connectivity index (χ3n) is 2.95. The fraction of sp³-hybridized carbons (Fsp3) is 0.538. The average molecular weight is 205 g/mol. The minimum Gasteiger partial charge on any atom is -0.490 e. The van der Waals surface area contributed by atoms with E-state index < -0.39 is 0 Å². The van der Waals surface area contributed by atoms with Gasteiger partial charge in [0.1, 0.15) is 12.4 Å². The van der Waals surface area contributed by atoms with E-state index in [0.29, 0.717) is 6.04 Å². The second-order valence-electron chi connectivity index (χ2n) is 4.29. The van der Waals surface area contributed by atoms with Crippen LogP contribution in [0.4, 0.5) is 5.69 Å². The molecular formula is C13H19NO. The van der Waals surface area contributed by atoms with Gasteiger partial charge in [-0.2, -0.15) is 0 Å². The molecule has 0 saturated heterocycles. The molecule has 0 bridgehead atoms. The Labute approximate surface area is 91.9 Å². The van der Waals surface area contributed by atoms with Crippen LogP contribution in [0, 0.1) is 0 Å². The summed E-state index contributed by atoms with van der Waals surface area (Å²) in [5.74, 6) is 1.03. The summed E-state index contributed by atoms with van der Waals surface area (Å²) in [5.41, 5.74) is 2.64. The lowest BCUT2D eigenvalue weighted by Crippen LogP contribution is -2.37. The Morgan fingerprint density at radius 1 is 1.40 bits per heavy atom. The summed E-state index contributed by atoms with van der Waals surface area (Å²) < 4.78 is 5.66. The summed E-state index contributed by atoms with van der Waals surface area (Å²) >= 11 is 0. The number of ether oxygens (including phenoxy) is 1. The van der Waals surface area contributed by atoms with Crippen LogP contribution in [0.5, 0.6) is 5.75 Å². The van der Waals surface area contributed by atoms with Crippen molar-refractivity contribution < 1.29 is 4.74 Å². The van der Waals surface area contributed by atoms with Gasteiger partial charge in [0.2, 0.25) is 0 Å². The van der Waals surface area contributed by atoms with Crippen molar-refractivity contribution in [2.75, 3.05) is 18.1 Å². The molecule has 2 nitrogen and oxygen atoms in total. The molecule has 0 spiro atoms. The smallest absolute Gasteiger partial charge is 0.142 e. The van der Waals surface area contributed by atoms with Crippen molar-refractivity contribution in [2.45, 2.75) is 33.2 Å². The topological polar surface area (TPSA) is 12.5 Å². The summed E-state index contributed by atoms with van der Waals surface area (Å²) in [4.78, 5) is 2.41. The van der Waals surface area contributed by atoms with Crippen molar-refractivity contribution in [2.24, 2.45) is 0 Å². The molecule has 82 valence electrons. The van der Waals surface area contributed by atoms with E-state index in [1.165, 1.54) is 11.3 Å². The zero-order chi connectivity index (χ0) is 10.8. The van der Waals surface area contributed by atoms with Gasteiger partial charge in [-0.15, -0.1) is 0 Å². The first-order valence-electron chi connectivity index (χ1n) is 5.74. The monoisotopic (exact) mass is 205 g/mol. The number of nitrogens with zero attached hydrogens (tertiary/aromatic N) is 1. The maximum Gasteiger partial charge on any atom is 0.142 e. The van der Waals surface area contributed by atoms with Gasteiger partial charge in [0.05, 0.1) is 12.2 Å². The second kappa shape index (κ2) is 4.13. The van der Waals surface area contributed by atoms with Crippen molar-refractivity contribution in [3.8, 4) is 5.75 Å². The molecular weight excluding hydrogens is 186 g/mol. The van der Waals surface area contributed by atoms with Crippen LogP contribution in [-0.4, -0.2) is 19.2 Å². The third-order valence-corrected chi connectivity index (χ3v) is 2.95. The average Bonchev–Trinajstić information content (AvgIpc) is 2.27. The van der Waals surface area contributed by atoms with E-state index in [-0.39, 0.29) is 0 Å². The first-order valence-corrected chi connectivity index (χ1v) is 5.74. The molecule has 0 saturated carbocycles. The van der Waals surface area contributed by atoms with Crippen LogP contribution in [0.25, 0.3) is 0 Å². The van der Waals surface area contributed by atoms with E-state index in [1.807, 2.05) is 0 Å². The number of anilines is 1. The maximum absolute atomic E-state index is 5.66. The summed E-state index contributed by atoms with van der Waals surface area (Å²) in [5, 5.41) is 0. The van der Waals surface area contributed by atoms with Gasteiger partial charge in [-0.3, -0.25) is 0 Å². The summed E-state index contributed by atoms with van der Waals surface area (Å²) in [7, 11) is 0. The lowest BCUT2D eigenvalue weighted by atomic mass is 10.1. The Kier molecular flexibility index (Phi) is 2.85. The van der Waals surface area contributed by atoms with Gasteiger partial charge in [0.25, 0.3) is 0 Å². The number of benzene rings is 1. The highest BCUT2D eigenvalue weighted by atomic mass is 16.5. The largest absolute Gasteiger partial charge is 0.490 e. The molecule has 1 aliphatic rings. The van der Waals surface area contributed by atoms with Crippen LogP contribution < -0.4 is 9.64 Å². The van der Waals surface area contributed by atoms with E-state index in [2.05, 4.69) is 43.9 Å². The van der Waals surface area contributed by atoms with Gasteiger partial charge in [0, 0.05) is 6.04 Å². The minimum absolute atomic E-state index is 0.541. The Morgan fingerprint density at radius 3 is 2.87 bits per heavy atom. The van der Waals surface area contributed by atoms with Crippen molar-refractivity contribution in [3.05, 3.63) is 23.8 Å². The predicted octanol–water partition coefficient (Wildman–Crippen LogP) is 2.86. The first kappa shape index (κ1) is 10.3. The van der Waals surface area contributed by atoms with Crippen molar-refractivity contribution in [1.29, 1.82) is 0 Å². The molecule has 0 unspecified atom stereocenters. The van der Waals surface area contributed by atoms with Gasteiger partial charge in [0.15, 0.2) is 0 Å². The van der Waals surface area contributed by atoms with E-state index in [9.17, 15) is 0 Å². The third kappa shape index (κ3) is 1.94. The normalized spacial score (nSPS) is 15.1. The zero-order valence-electron chi connectivity index (χ0n) is 9.79. The molecule has 0 atom stereocenters. The lowest BCUT2D eigenvalue weighted by Gasteiger charge is -2.34. The van der Waals surface area contributed by atoms with Gasteiger partial charge in [-0.05, 0) is 38.0 Å². The maximum atomic E-state index is 5.66. The molecule has 1 aromatic rings. The molecule has 0 aromatic heterocycles. The van der Waals surface area contributed by atoms with Crippen molar-refractivity contribution in [1.82, 2.24) is 0 Å². The van der Waals surface area contributed by atoms with Gasteiger partial charge >= 0.3 is 0 Å². The SMILES string of the molecule is CCc1ccc2c(c1)N(C(C)C)CCO2. The molecule has 1 aromatic carbocycles. The Balaban J connectivity index is 2.39. The standard InChI is InChI=1S/C13H19NO/c1-4-11-5-6-13-12(9-11)14(10(2)3)7-8-15-13/h5-6,9-10H,4,7-8H2,1-3H3. The molecule has 15 heavy (non-hydrogen) atoms. The summed E-state index contributed by atoms with van der Waals surface area (Å²) in [6, 6.07) is 7.06. The first-order chi connectivity index (χ1) is 7.22. The number of aryl methyl sites for hydroxylation is 1. The van der Waals surface area contributed by atoms with Gasteiger partial charge in [-0.25, -0.2) is 0 Å². The molecule has 1 heterocycles. The highest BCUT2D eigenvalue weighted by molar-refractivity contribution is 5.61. The minimum atomic E-state index is 0.541. The van der Waals surface area contributed by atoms with Crippen LogP contribution in [0.15, 0.2) is 18.2 Å². The molecule has 0 aliphatic carbocycles. The van der Waals surface area contributed by atoms with Crippen LogP contribution in [0.2, 0.25) is 0 Å². The molecule has 2 rings (SSSR count). The van der Waals surface area contributed by atoms with E-state index in [4.69, 9.17) is 4.74 Å². The second-order valence-corrected chi connectivity index (χ2v) is 4.29. The number of hydrogen-bond acceptors (Lipinski definition) is 2. The molecule has 1 aliphatic heterocycles. The molecule has 0 amide bonds. The van der Waals surface area contributed by atoms with E-state index >= 15 is 0 Å². The fourth-order valence-corrected chi connectivity index (χ4v) is 2.04. The van der Waals surface area contributed by atoms with Gasteiger partial charge < -0.3 is 9.64 Å². The van der Waals surface area contributed by atoms with Crippen LogP contribution in [-0.2, 0) is 6.42 Å². The number of rotatable bonds is 2. The van der Waals surface area contributed by atoms with Crippen LogP contribution in [0.3, 0.4) is 0 Å². The van der Waals surface area contributed by atoms with Crippen LogP contribution >= 0.6 is 0 Å². The lowest BCUT2D eigenvalue weighted by molar-refractivity contribution is 0.303. The van der Waals surface area contributed by atoms with E-state index in [1.54, 1.807) is 0 Å². The Bertz CT molecular complexity index is 346. The molecule has 0 N–H and O–H groups in total. The van der Waals surface area contributed by atoms with Gasteiger partial charge in [-0.1, -0.05) is 13.0 Å². The van der Waals surface area contributed by atoms with Crippen LogP contribution in [0.1, 0.15) is 26.3 Å². The Morgan fingerprint density at radius 2 is 2.20 bits per heavy atom. The number of hydrogen-bond donors (Lipinski definition) is 0. The van der Waals surface area contributed by atoms with Crippen molar-refractivity contribution >= 4 is 5.69 Å². The summed E-state index contributed by atoms with van der Waals surface area (Å²) in [6.07, 6.45) is 1.08. The number of fused-ring (bicyclic) bond motifs is 1. The molecule has 2 heteroatoms. The molecule has 0 radical (unpaired) electrons. The highest BCUT2D eigenvalue weighted by Gasteiger charge is 2.20. The van der Waals surface area contributed by atoms with E-state index in [0.717, 1.165) is 25.3 Å². The predicted molar refractivity (Wildman–Crippen MR) is 63.8 cm³/mol. The fourth-order valence-electron chi connectivity index (χ4n) is 2.04. The highest BCUT2D eigenvalue weighted by Crippen LogP contribution is 2.33. The van der Waals surface area contributed by atoms with Crippen molar-refractivity contribution in [3.63, 3.8) is 0 Å². The Hall–Kier alpha value is -1.18.